The molecule has 2 unspecified atom stereocenters. The fourth-order valence-corrected chi connectivity index (χ4v) is 2.80. The van der Waals surface area contributed by atoms with E-state index < -0.39 is 0 Å². The van der Waals surface area contributed by atoms with E-state index in [-0.39, 0.29) is 17.8 Å². The number of nitrogens with one attached hydrogen (secondary N) is 1. The molecule has 0 heterocycles. The number of nitriles is 1. The van der Waals surface area contributed by atoms with Crippen molar-refractivity contribution in [1.82, 2.24) is 10.2 Å². The summed E-state index contributed by atoms with van der Waals surface area (Å²) in [7, 11) is 0. The molecule has 1 aromatic rings. The molecule has 1 amide bonds. The van der Waals surface area contributed by atoms with Crippen LogP contribution < -0.4 is 5.32 Å². The number of hydrogen-bond acceptors (Lipinski definition) is 3. The Hall–Kier alpha value is -1.93. The van der Waals surface area contributed by atoms with Crippen molar-refractivity contribution in [3.8, 4) is 6.07 Å². The molecule has 23 heavy (non-hydrogen) atoms. The molecule has 4 nitrogen and oxygen atoms in total. The van der Waals surface area contributed by atoms with Crippen molar-refractivity contribution < 1.29 is 9.18 Å². The molecule has 1 aromatic carbocycles. The number of carbonyl (C=O) groups is 1. The zero-order valence-corrected chi connectivity index (χ0v) is 13.8. The van der Waals surface area contributed by atoms with E-state index in [4.69, 9.17) is 5.26 Å². The van der Waals surface area contributed by atoms with Gasteiger partial charge in [0.1, 0.15) is 5.82 Å². The second-order valence-electron chi connectivity index (χ2n) is 6.30. The van der Waals surface area contributed by atoms with Crippen LogP contribution in [0.2, 0.25) is 0 Å². The van der Waals surface area contributed by atoms with E-state index in [0.29, 0.717) is 31.5 Å². The molecule has 2 rings (SSSR count). The van der Waals surface area contributed by atoms with E-state index in [9.17, 15) is 9.18 Å². The average Bonchev–Trinajstić information content (AvgIpc) is 3.36. The van der Waals surface area contributed by atoms with Gasteiger partial charge in [-0.1, -0.05) is 12.1 Å². The average molecular weight is 317 g/mol. The summed E-state index contributed by atoms with van der Waals surface area (Å²) in [5, 5.41) is 11.7. The molecule has 124 valence electrons. The van der Waals surface area contributed by atoms with E-state index in [2.05, 4.69) is 23.2 Å². The largest absolute Gasteiger partial charge is 0.348 e. The summed E-state index contributed by atoms with van der Waals surface area (Å²) in [6, 6.07) is 8.46. The van der Waals surface area contributed by atoms with Gasteiger partial charge in [0.2, 0.25) is 5.91 Å². The van der Waals surface area contributed by atoms with E-state index in [0.717, 1.165) is 5.56 Å². The van der Waals surface area contributed by atoms with Crippen molar-refractivity contribution >= 4 is 5.91 Å². The first-order chi connectivity index (χ1) is 11.0. The number of rotatable bonds is 8. The fourth-order valence-electron chi connectivity index (χ4n) is 2.80. The van der Waals surface area contributed by atoms with E-state index in [1.54, 1.807) is 12.1 Å². The van der Waals surface area contributed by atoms with Crippen molar-refractivity contribution in [1.29, 1.82) is 5.26 Å². The summed E-state index contributed by atoms with van der Waals surface area (Å²) in [5.41, 5.74) is 0.874. The van der Waals surface area contributed by atoms with E-state index in [1.807, 2.05) is 6.92 Å². The summed E-state index contributed by atoms with van der Waals surface area (Å²) in [5.74, 6) is 0.302. The van der Waals surface area contributed by atoms with E-state index in [1.165, 1.54) is 25.0 Å². The lowest BCUT2D eigenvalue weighted by molar-refractivity contribution is -0.123. The van der Waals surface area contributed by atoms with Crippen LogP contribution in [-0.4, -0.2) is 29.9 Å². The van der Waals surface area contributed by atoms with E-state index >= 15 is 0 Å². The quantitative estimate of drug-likeness (QED) is 0.802. The van der Waals surface area contributed by atoms with Crippen molar-refractivity contribution in [3.05, 3.63) is 35.6 Å². The van der Waals surface area contributed by atoms with Gasteiger partial charge in [0.05, 0.1) is 18.7 Å². The minimum Gasteiger partial charge on any atom is -0.348 e. The van der Waals surface area contributed by atoms with Crippen LogP contribution >= 0.6 is 0 Å². The van der Waals surface area contributed by atoms with Crippen LogP contribution in [0.3, 0.4) is 0 Å². The third kappa shape index (κ3) is 5.33. The molecule has 1 aliphatic carbocycles. The predicted molar refractivity (Wildman–Crippen MR) is 86.9 cm³/mol. The lowest BCUT2D eigenvalue weighted by atomic mass is 10.1. The van der Waals surface area contributed by atoms with Gasteiger partial charge in [-0.05, 0) is 50.3 Å². The molecular weight excluding hydrogens is 293 g/mol. The Kier molecular flexibility index (Phi) is 6.12. The molecule has 0 bridgehead atoms. The van der Waals surface area contributed by atoms with Crippen molar-refractivity contribution in [2.45, 2.75) is 45.2 Å². The number of halogens is 1. The highest BCUT2D eigenvalue weighted by Crippen LogP contribution is 2.35. The van der Waals surface area contributed by atoms with Crippen LogP contribution in [-0.2, 0) is 4.79 Å². The van der Waals surface area contributed by atoms with Gasteiger partial charge in [-0.25, -0.2) is 4.39 Å². The Morgan fingerprint density at radius 3 is 2.61 bits per heavy atom. The van der Waals surface area contributed by atoms with Gasteiger partial charge in [0.15, 0.2) is 0 Å². The molecular formula is C18H24FN3O. The first kappa shape index (κ1) is 17.4. The Bertz CT molecular complexity index is 563. The summed E-state index contributed by atoms with van der Waals surface area (Å²) < 4.78 is 13.0. The van der Waals surface area contributed by atoms with Crippen LogP contribution in [0.5, 0.6) is 0 Å². The number of nitrogens with zero attached hydrogens (tertiary/aromatic N) is 2. The zero-order chi connectivity index (χ0) is 16.8. The third-order valence-electron chi connectivity index (χ3n) is 4.49. The highest BCUT2D eigenvalue weighted by atomic mass is 19.1. The lowest BCUT2D eigenvalue weighted by Gasteiger charge is -2.28. The first-order valence-electron chi connectivity index (χ1n) is 8.17. The van der Waals surface area contributed by atoms with Crippen LogP contribution in [0.15, 0.2) is 24.3 Å². The van der Waals surface area contributed by atoms with Gasteiger partial charge in [-0.2, -0.15) is 5.26 Å². The number of hydrogen-bond donors (Lipinski definition) is 1. The third-order valence-corrected chi connectivity index (χ3v) is 4.49. The Balaban J connectivity index is 1.89. The van der Waals surface area contributed by atoms with Crippen LogP contribution in [0, 0.1) is 23.1 Å². The summed E-state index contributed by atoms with van der Waals surface area (Å²) in [6.45, 7) is 4.93. The van der Waals surface area contributed by atoms with Gasteiger partial charge >= 0.3 is 0 Å². The molecule has 0 radical (unpaired) electrons. The minimum atomic E-state index is -0.284. The summed E-state index contributed by atoms with van der Waals surface area (Å²) >= 11 is 0. The zero-order valence-electron chi connectivity index (χ0n) is 13.8. The Morgan fingerprint density at radius 2 is 2.04 bits per heavy atom. The molecule has 1 aliphatic rings. The van der Waals surface area contributed by atoms with Gasteiger partial charge < -0.3 is 5.32 Å². The lowest BCUT2D eigenvalue weighted by Crippen LogP contribution is -2.43. The topological polar surface area (TPSA) is 56.1 Å². The molecule has 1 fully saturated rings. The highest BCUT2D eigenvalue weighted by molar-refractivity contribution is 5.78. The molecule has 1 N–H and O–H groups in total. The van der Waals surface area contributed by atoms with Gasteiger partial charge in [0, 0.05) is 19.0 Å². The molecule has 5 heteroatoms. The fraction of sp³-hybridized carbons (Fsp3) is 0.556. The smallest absolute Gasteiger partial charge is 0.234 e. The first-order valence-corrected chi connectivity index (χ1v) is 8.17. The minimum absolute atomic E-state index is 0.0627. The molecule has 0 saturated heterocycles. The van der Waals surface area contributed by atoms with Crippen LogP contribution in [0.1, 0.15) is 44.7 Å². The molecule has 0 spiro atoms. The standard InChI is InChI=1S/C18H24FN3O/c1-13(15-6-8-17(19)9-7-15)21-18(23)12-22(11-3-10-20)14(2)16-4-5-16/h6-9,13-14,16H,3-5,11-12H2,1-2H3,(H,21,23). The summed E-state index contributed by atoms with van der Waals surface area (Å²) in [6.07, 6.45) is 2.84. The second kappa shape index (κ2) is 8.07. The molecule has 0 aromatic heterocycles. The maximum absolute atomic E-state index is 13.0. The SMILES string of the molecule is CC(NC(=O)CN(CCC#N)C(C)C1CC1)c1ccc(F)cc1. The summed E-state index contributed by atoms with van der Waals surface area (Å²) in [4.78, 5) is 14.4. The van der Waals surface area contributed by atoms with Crippen molar-refractivity contribution in [2.75, 3.05) is 13.1 Å². The van der Waals surface area contributed by atoms with Gasteiger partial charge in [-0.15, -0.1) is 0 Å². The van der Waals surface area contributed by atoms with Gasteiger partial charge in [-0.3, -0.25) is 9.69 Å². The van der Waals surface area contributed by atoms with Crippen molar-refractivity contribution in [2.24, 2.45) is 5.92 Å². The van der Waals surface area contributed by atoms with Crippen LogP contribution in [0.25, 0.3) is 0 Å². The Morgan fingerprint density at radius 1 is 1.39 bits per heavy atom. The monoisotopic (exact) mass is 317 g/mol. The highest BCUT2D eigenvalue weighted by Gasteiger charge is 2.32. The molecule has 0 aliphatic heterocycles. The maximum Gasteiger partial charge on any atom is 0.234 e. The number of carbonyl (C=O) groups excluding carboxylic acids is 1. The molecule has 2 atom stereocenters. The second-order valence-corrected chi connectivity index (χ2v) is 6.30. The van der Waals surface area contributed by atoms with Crippen LogP contribution in [0.4, 0.5) is 4.39 Å². The van der Waals surface area contributed by atoms with Crippen molar-refractivity contribution in [3.63, 3.8) is 0 Å². The predicted octanol–water partition coefficient (Wildman–Crippen LogP) is 3.02. The maximum atomic E-state index is 13.0. The normalized spacial score (nSPS) is 16.7. The molecule has 1 saturated carbocycles. The number of benzene rings is 1. The number of amides is 1. The van der Waals surface area contributed by atoms with Gasteiger partial charge in [0.25, 0.3) is 0 Å². The Labute approximate surface area is 137 Å².